The van der Waals surface area contributed by atoms with Crippen molar-refractivity contribution < 1.29 is 0 Å². The average molecular weight is 672 g/mol. The summed E-state index contributed by atoms with van der Waals surface area (Å²) in [5.74, 6) is 0.679. The molecule has 0 unspecified atom stereocenters. The van der Waals surface area contributed by atoms with E-state index in [1.54, 1.807) is 0 Å². The zero-order chi connectivity index (χ0) is 35.1. The Kier molecular flexibility index (Phi) is 8.36. The number of benzene rings is 7. The van der Waals surface area contributed by atoms with Crippen molar-refractivity contribution >= 4 is 17.1 Å². The van der Waals surface area contributed by atoms with Crippen LogP contribution in [0.15, 0.2) is 170 Å². The van der Waals surface area contributed by atoms with Gasteiger partial charge in [0.25, 0.3) is 0 Å². The summed E-state index contributed by atoms with van der Waals surface area (Å²) >= 11 is 0. The molecule has 7 aromatic carbocycles. The maximum absolute atomic E-state index is 2.45. The molecule has 0 amide bonds. The molecule has 0 N–H and O–H groups in total. The van der Waals surface area contributed by atoms with Gasteiger partial charge >= 0.3 is 0 Å². The molecule has 0 radical (unpaired) electrons. The number of hydrogen-bond donors (Lipinski definition) is 0. The molecule has 9 rings (SSSR count). The van der Waals surface area contributed by atoms with Gasteiger partial charge in [-0.1, -0.05) is 167 Å². The highest BCUT2D eigenvalue weighted by atomic mass is 15.1. The third-order valence-corrected chi connectivity index (χ3v) is 11.7. The van der Waals surface area contributed by atoms with E-state index in [1.165, 1.54) is 105 Å². The second-order valence-electron chi connectivity index (χ2n) is 15.2. The minimum atomic E-state index is -0.0721. The molecular formula is C51H45N. The summed E-state index contributed by atoms with van der Waals surface area (Å²) in [6.07, 6.45) is 6.68. The standard InChI is InChI=1S/C51H45N/c1-51(2)48-24-13-12-21-46(48)47-34-33-43(35-49(47)51)52(41-29-25-37(26-30-41)36-15-6-3-7-16-36)42-31-27-40(28-32-42)50-44(38-17-8-4-9-18-38)22-14-23-45(50)39-19-10-5-11-20-39/h4-5,8-14,17-36H,3,6-7,15-16H2,1-2H3. The SMILES string of the molecule is CC1(C)c2ccccc2-c2ccc(N(c3ccc(-c4c(-c5ccccc5)cccc4-c4ccccc4)cc3)c3ccc(C4CCCCC4)cc3)cc21. The molecule has 0 saturated heterocycles. The predicted molar refractivity (Wildman–Crippen MR) is 221 cm³/mol. The first-order chi connectivity index (χ1) is 25.6. The maximum atomic E-state index is 2.45. The van der Waals surface area contributed by atoms with Crippen molar-refractivity contribution in [3.63, 3.8) is 0 Å². The largest absolute Gasteiger partial charge is 0.310 e. The van der Waals surface area contributed by atoms with Gasteiger partial charge < -0.3 is 4.90 Å². The zero-order valence-electron chi connectivity index (χ0n) is 30.2. The van der Waals surface area contributed by atoms with E-state index in [-0.39, 0.29) is 5.41 Å². The van der Waals surface area contributed by atoms with E-state index >= 15 is 0 Å². The Morgan fingerprint density at radius 3 is 1.58 bits per heavy atom. The van der Waals surface area contributed by atoms with Crippen LogP contribution in [0.2, 0.25) is 0 Å². The highest BCUT2D eigenvalue weighted by Gasteiger charge is 2.35. The highest BCUT2D eigenvalue weighted by molar-refractivity contribution is 5.95. The lowest BCUT2D eigenvalue weighted by Crippen LogP contribution is -2.16. The fourth-order valence-electron chi connectivity index (χ4n) is 8.97. The molecule has 0 heterocycles. The molecule has 0 atom stereocenters. The van der Waals surface area contributed by atoms with Crippen molar-refractivity contribution in [3.8, 4) is 44.5 Å². The first-order valence-corrected chi connectivity index (χ1v) is 19.0. The van der Waals surface area contributed by atoms with E-state index in [2.05, 4.69) is 189 Å². The highest BCUT2D eigenvalue weighted by Crippen LogP contribution is 2.51. The minimum absolute atomic E-state index is 0.0721. The molecule has 2 aliphatic carbocycles. The van der Waals surface area contributed by atoms with Crippen LogP contribution in [-0.4, -0.2) is 0 Å². The van der Waals surface area contributed by atoms with Crippen LogP contribution >= 0.6 is 0 Å². The van der Waals surface area contributed by atoms with E-state index < -0.39 is 0 Å². The Morgan fingerprint density at radius 2 is 0.942 bits per heavy atom. The van der Waals surface area contributed by atoms with Gasteiger partial charge in [0.2, 0.25) is 0 Å². The summed E-state index contributed by atoms with van der Waals surface area (Å²) in [4.78, 5) is 2.45. The second kappa shape index (κ2) is 13.5. The Bertz CT molecular complexity index is 2270. The molecule has 52 heavy (non-hydrogen) atoms. The van der Waals surface area contributed by atoms with Crippen molar-refractivity contribution in [3.05, 3.63) is 187 Å². The molecule has 1 nitrogen and oxygen atoms in total. The van der Waals surface area contributed by atoms with Gasteiger partial charge in [-0.25, -0.2) is 0 Å². The molecule has 7 aromatic rings. The van der Waals surface area contributed by atoms with Crippen molar-refractivity contribution in [1.82, 2.24) is 0 Å². The van der Waals surface area contributed by atoms with Crippen LogP contribution < -0.4 is 4.90 Å². The monoisotopic (exact) mass is 671 g/mol. The Morgan fingerprint density at radius 1 is 0.423 bits per heavy atom. The van der Waals surface area contributed by atoms with E-state index in [4.69, 9.17) is 0 Å². The summed E-state index contributed by atoms with van der Waals surface area (Å²) in [5, 5.41) is 0. The van der Waals surface area contributed by atoms with Crippen molar-refractivity contribution in [2.24, 2.45) is 0 Å². The van der Waals surface area contributed by atoms with Crippen LogP contribution in [0.1, 0.15) is 68.6 Å². The normalized spacial score (nSPS) is 14.8. The van der Waals surface area contributed by atoms with E-state index in [0.717, 1.165) is 5.69 Å². The van der Waals surface area contributed by atoms with E-state index in [0.29, 0.717) is 5.92 Å². The number of fused-ring (bicyclic) bond motifs is 3. The third-order valence-electron chi connectivity index (χ3n) is 11.7. The van der Waals surface area contributed by atoms with Gasteiger partial charge in [-0.05, 0) is 116 Å². The smallest absolute Gasteiger partial charge is 0.0465 e. The molecule has 0 aromatic heterocycles. The number of hydrogen-bond acceptors (Lipinski definition) is 1. The Hall–Kier alpha value is -5.66. The van der Waals surface area contributed by atoms with E-state index in [9.17, 15) is 0 Å². The minimum Gasteiger partial charge on any atom is -0.310 e. The van der Waals surface area contributed by atoms with Gasteiger partial charge in [0.15, 0.2) is 0 Å². The lowest BCUT2D eigenvalue weighted by molar-refractivity contribution is 0.443. The van der Waals surface area contributed by atoms with Gasteiger partial charge in [-0.3, -0.25) is 0 Å². The summed E-state index contributed by atoms with van der Waals surface area (Å²) in [6, 6.07) is 63.0. The van der Waals surface area contributed by atoms with Gasteiger partial charge in [0, 0.05) is 22.5 Å². The van der Waals surface area contributed by atoms with Gasteiger partial charge in [-0.2, -0.15) is 0 Å². The lowest BCUT2D eigenvalue weighted by Gasteiger charge is -2.29. The first-order valence-electron chi connectivity index (χ1n) is 19.0. The van der Waals surface area contributed by atoms with Crippen LogP contribution in [0.25, 0.3) is 44.5 Å². The summed E-state index contributed by atoms with van der Waals surface area (Å²) in [6.45, 7) is 4.74. The van der Waals surface area contributed by atoms with Gasteiger partial charge in [0.1, 0.15) is 0 Å². The fourth-order valence-corrected chi connectivity index (χ4v) is 8.97. The van der Waals surface area contributed by atoms with Gasteiger partial charge in [0.05, 0.1) is 0 Å². The molecule has 0 aliphatic heterocycles. The lowest BCUT2D eigenvalue weighted by atomic mass is 9.82. The average Bonchev–Trinajstić information content (AvgIpc) is 3.44. The van der Waals surface area contributed by atoms with Crippen LogP contribution in [0.4, 0.5) is 17.1 Å². The molecule has 0 bridgehead atoms. The summed E-state index contributed by atoms with van der Waals surface area (Å²) in [7, 11) is 0. The molecule has 2 aliphatic rings. The first kappa shape index (κ1) is 32.3. The number of anilines is 3. The van der Waals surface area contributed by atoms with Crippen LogP contribution in [0.3, 0.4) is 0 Å². The quantitative estimate of drug-likeness (QED) is 0.163. The Labute approximate surface area is 309 Å². The molecule has 1 heteroatoms. The maximum Gasteiger partial charge on any atom is 0.0465 e. The van der Waals surface area contributed by atoms with E-state index in [1.807, 2.05) is 0 Å². The van der Waals surface area contributed by atoms with Gasteiger partial charge in [-0.15, -0.1) is 0 Å². The van der Waals surface area contributed by atoms with Crippen LogP contribution in [0.5, 0.6) is 0 Å². The molecule has 254 valence electrons. The van der Waals surface area contributed by atoms with Crippen molar-refractivity contribution in [1.29, 1.82) is 0 Å². The second-order valence-corrected chi connectivity index (χ2v) is 15.2. The van der Waals surface area contributed by atoms with Crippen molar-refractivity contribution in [2.45, 2.75) is 57.3 Å². The van der Waals surface area contributed by atoms with Crippen LogP contribution in [-0.2, 0) is 5.41 Å². The molecule has 0 spiro atoms. The molecular weight excluding hydrogens is 627 g/mol. The predicted octanol–water partition coefficient (Wildman–Crippen LogP) is 14.5. The third kappa shape index (κ3) is 5.75. The van der Waals surface area contributed by atoms with Crippen LogP contribution in [0, 0.1) is 0 Å². The van der Waals surface area contributed by atoms with Crippen molar-refractivity contribution in [2.75, 3.05) is 4.90 Å². The number of rotatable bonds is 7. The topological polar surface area (TPSA) is 3.24 Å². The molecule has 1 fully saturated rings. The summed E-state index contributed by atoms with van der Waals surface area (Å²) < 4.78 is 0. The zero-order valence-corrected chi connectivity index (χ0v) is 30.2. The Balaban J connectivity index is 1.17. The fraction of sp³-hybridized carbons (Fsp3) is 0.176. The number of nitrogens with zero attached hydrogens (tertiary/aromatic N) is 1. The molecule has 1 saturated carbocycles. The summed E-state index contributed by atoms with van der Waals surface area (Å²) in [5.41, 5.74) is 17.8.